The number of amides is 2. The van der Waals surface area contributed by atoms with E-state index >= 15 is 0 Å². The van der Waals surface area contributed by atoms with Gasteiger partial charge in [-0.15, -0.1) is 0 Å². The number of hydrogen-bond donors (Lipinski definition) is 0. The molecule has 0 radical (unpaired) electrons. The lowest BCUT2D eigenvalue weighted by Gasteiger charge is -2.09. The van der Waals surface area contributed by atoms with Gasteiger partial charge in [0.15, 0.2) is 0 Å². The third kappa shape index (κ3) is 1.76. The first kappa shape index (κ1) is 9.05. The van der Waals surface area contributed by atoms with Gasteiger partial charge in [0, 0.05) is 0 Å². The Kier molecular flexibility index (Phi) is 2.69. The summed E-state index contributed by atoms with van der Waals surface area (Å²) in [5.74, 6) is -0.801. The van der Waals surface area contributed by atoms with Crippen LogP contribution in [0.25, 0.3) is 0 Å². The van der Waals surface area contributed by atoms with Crippen LogP contribution in [0, 0.1) is 0 Å². The van der Waals surface area contributed by atoms with E-state index in [1.165, 1.54) is 7.11 Å². The van der Waals surface area contributed by atoms with E-state index in [1.54, 1.807) is 0 Å². The second-order valence-electron chi connectivity index (χ2n) is 2.11. The molecule has 12 heavy (non-hydrogen) atoms. The predicted molar refractivity (Wildman–Crippen MR) is 41.6 cm³/mol. The summed E-state index contributed by atoms with van der Waals surface area (Å²) in [7, 11) is 1.21. The number of hydrogen-bond acceptors (Lipinski definition) is 5. The van der Waals surface area contributed by atoms with Crippen molar-refractivity contribution in [2.24, 2.45) is 0 Å². The van der Waals surface area contributed by atoms with E-state index in [1.807, 2.05) is 0 Å². The number of rotatable bonds is 2. The van der Waals surface area contributed by atoms with Crippen molar-refractivity contribution in [1.82, 2.24) is 4.90 Å². The molecule has 0 aromatic carbocycles. The third-order valence-electron chi connectivity index (χ3n) is 1.36. The smallest absolute Gasteiger partial charge is 0.325 e. The summed E-state index contributed by atoms with van der Waals surface area (Å²) in [5, 5.41) is -0.384. The number of nitrogens with zero attached hydrogens (tertiary/aromatic N) is 1. The molecule has 6 heteroatoms. The molecule has 0 bridgehead atoms. The van der Waals surface area contributed by atoms with Crippen molar-refractivity contribution in [3.8, 4) is 0 Å². The van der Waals surface area contributed by atoms with Gasteiger partial charge in [-0.1, -0.05) is 11.8 Å². The summed E-state index contributed by atoms with van der Waals surface area (Å²) >= 11 is 0.896. The maximum atomic E-state index is 10.9. The minimum Gasteiger partial charge on any atom is -0.468 e. The lowest BCUT2D eigenvalue weighted by molar-refractivity contribution is -0.144. The molecule has 1 heterocycles. The molecule has 0 spiro atoms. The lowest BCUT2D eigenvalue weighted by atomic mass is 10.5. The normalized spacial score (nSPS) is 16.9. The van der Waals surface area contributed by atoms with Crippen molar-refractivity contribution >= 4 is 28.9 Å². The first-order chi connectivity index (χ1) is 5.65. The molecule has 0 saturated carbocycles. The molecule has 0 N–H and O–H groups in total. The molecular formula is C6H7NO4S. The van der Waals surface area contributed by atoms with Crippen molar-refractivity contribution < 1.29 is 19.1 Å². The van der Waals surface area contributed by atoms with Gasteiger partial charge in [-0.3, -0.25) is 19.3 Å². The van der Waals surface area contributed by atoms with Crippen molar-refractivity contribution in [3.63, 3.8) is 0 Å². The maximum absolute atomic E-state index is 10.9. The van der Waals surface area contributed by atoms with Crippen LogP contribution in [-0.2, 0) is 14.3 Å². The van der Waals surface area contributed by atoms with Crippen LogP contribution >= 0.6 is 11.8 Å². The molecule has 5 nitrogen and oxygen atoms in total. The minimum atomic E-state index is -0.584. The highest BCUT2D eigenvalue weighted by Crippen LogP contribution is 2.17. The van der Waals surface area contributed by atoms with Crippen molar-refractivity contribution in [1.29, 1.82) is 0 Å². The van der Waals surface area contributed by atoms with Gasteiger partial charge in [-0.2, -0.15) is 0 Å². The SMILES string of the molecule is COC(=O)CN1C(=O)CSC1=O. The lowest BCUT2D eigenvalue weighted by Crippen LogP contribution is -2.34. The Hall–Kier alpha value is -1.04. The molecular weight excluding hydrogens is 182 g/mol. The zero-order chi connectivity index (χ0) is 9.14. The van der Waals surface area contributed by atoms with Crippen molar-refractivity contribution in [2.45, 2.75) is 0 Å². The van der Waals surface area contributed by atoms with E-state index in [0.29, 0.717) is 0 Å². The number of carbonyl (C=O) groups excluding carboxylic acids is 3. The fraction of sp³-hybridized carbons (Fsp3) is 0.500. The van der Waals surface area contributed by atoms with E-state index < -0.39 is 5.97 Å². The average Bonchev–Trinajstić information content (AvgIpc) is 2.35. The molecule has 66 valence electrons. The average molecular weight is 189 g/mol. The van der Waals surface area contributed by atoms with Crippen LogP contribution in [0.1, 0.15) is 0 Å². The van der Waals surface area contributed by atoms with E-state index in [2.05, 4.69) is 4.74 Å². The van der Waals surface area contributed by atoms with Crippen LogP contribution in [-0.4, -0.2) is 41.4 Å². The minimum absolute atomic E-state index is 0.121. The van der Waals surface area contributed by atoms with Crippen LogP contribution < -0.4 is 0 Å². The number of methoxy groups -OCH3 is 1. The standard InChI is InChI=1S/C6H7NO4S/c1-11-5(9)2-7-4(8)3-12-6(7)10/h2-3H2,1H3. The Morgan fingerprint density at radius 3 is 2.75 bits per heavy atom. The molecule has 1 fully saturated rings. The Balaban J connectivity index is 2.56. The van der Waals surface area contributed by atoms with E-state index in [4.69, 9.17) is 0 Å². The zero-order valence-electron chi connectivity index (χ0n) is 6.40. The molecule has 0 unspecified atom stereocenters. The maximum Gasteiger partial charge on any atom is 0.325 e. The quantitative estimate of drug-likeness (QED) is 0.565. The van der Waals surface area contributed by atoms with Crippen molar-refractivity contribution in [3.05, 3.63) is 0 Å². The highest BCUT2D eigenvalue weighted by molar-refractivity contribution is 8.14. The molecule has 0 atom stereocenters. The van der Waals surface area contributed by atoms with E-state index in [-0.39, 0.29) is 23.4 Å². The molecule has 0 aromatic heterocycles. The first-order valence-electron chi connectivity index (χ1n) is 3.19. The molecule has 1 aliphatic rings. The second-order valence-corrected chi connectivity index (χ2v) is 3.04. The zero-order valence-corrected chi connectivity index (χ0v) is 7.22. The highest BCUT2D eigenvalue weighted by Gasteiger charge is 2.31. The monoisotopic (exact) mass is 189 g/mol. The van der Waals surface area contributed by atoms with Gasteiger partial charge in [0.1, 0.15) is 6.54 Å². The van der Waals surface area contributed by atoms with Gasteiger partial charge in [0.2, 0.25) is 5.91 Å². The van der Waals surface area contributed by atoms with Gasteiger partial charge in [0.05, 0.1) is 12.9 Å². The van der Waals surface area contributed by atoms with Gasteiger partial charge in [-0.25, -0.2) is 0 Å². The largest absolute Gasteiger partial charge is 0.468 e. The van der Waals surface area contributed by atoms with Crippen LogP contribution in [0.2, 0.25) is 0 Å². The number of ether oxygens (including phenoxy) is 1. The number of esters is 1. The number of thioether (sulfide) groups is 1. The highest BCUT2D eigenvalue weighted by atomic mass is 32.2. The van der Waals surface area contributed by atoms with Gasteiger partial charge >= 0.3 is 5.97 Å². The van der Waals surface area contributed by atoms with Crippen LogP contribution in [0.5, 0.6) is 0 Å². The summed E-state index contributed by atoms with van der Waals surface area (Å²) in [4.78, 5) is 33.4. The Morgan fingerprint density at radius 2 is 2.33 bits per heavy atom. The van der Waals surface area contributed by atoms with Gasteiger partial charge in [-0.05, 0) is 0 Å². The Bertz CT molecular complexity index is 224. The summed E-state index contributed by atoms with van der Waals surface area (Å²) in [6.45, 7) is -0.277. The number of carbonyl (C=O) groups is 3. The topological polar surface area (TPSA) is 63.7 Å². The number of imide groups is 1. The van der Waals surface area contributed by atoms with Gasteiger partial charge in [0.25, 0.3) is 5.24 Å². The summed E-state index contributed by atoms with van der Waals surface area (Å²) < 4.78 is 4.31. The summed E-state index contributed by atoms with van der Waals surface area (Å²) in [5.41, 5.74) is 0. The molecule has 2 amide bonds. The summed E-state index contributed by atoms with van der Waals surface area (Å²) in [6.07, 6.45) is 0. The molecule has 0 aromatic rings. The molecule has 1 saturated heterocycles. The Labute approximate surface area is 73.0 Å². The fourth-order valence-electron chi connectivity index (χ4n) is 0.728. The van der Waals surface area contributed by atoms with Crippen LogP contribution in [0.3, 0.4) is 0 Å². The third-order valence-corrected chi connectivity index (χ3v) is 2.21. The first-order valence-corrected chi connectivity index (χ1v) is 4.17. The van der Waals surface area contributed by atoms with Crippen LogP contribution in [0.15, 0.2) is 0 Å². The van der Waals surface area contributed by atoms with Crippen molar-refractivity contribution in [2.75, 3.05) is 19.4 Å². The fourth-order valence-corrected chi connectivity index (χ4v) is 1.45. The molecule has 0 aliphatic carbocycles. The Morgan fingerprint density at radius 1 is 1.67 bits per heavy atom. The van der Waals surface area contributed by atoms with Crippen LogP contribution in [0.4, 0.5) is 4.79 Å². The molecule has 1 aliphatic heterocycles. The van der Waals surface area contributed by atoms with E-state index in [9.17, 15) is 14.4 Å². The second kappa shape index (κ2) is 3.57. The predicted octanol–water partition coefficient (Wildman–Crippen LogP) is -0.145. The van der Waals surface area contributed by atoms with E-state index in [0.717, 1.165) is 16.7 Å². The van der Waals surface area contributed by atoms with Gasteiger partial charge < -0.3 is 4.74 Å². The molecule has 1 rings (SSSR count). The summed E-state index contributed by atoms with van der Waals surface area (Å²) in [6, 6.07) is 0.